The van der Waals surface area contributed by atoms with Gasteiger partial charge < -0.3 is 0 Å². The van der Waals surface area contributed by atoms with Crippen molar-refractivity contribution in [1.29, 1.82) is 0 Å². The minimum absolute atomic E-state index is 0.153. The first kappa shape index (κ1) is 30.2. The number of nitrogens with zero attached hydrogens (tertiary/aromatic N) is 2. The number of aromatic amines is 2. The zero-order valence-electron chi connectivity index (χ0n) is 21.1. The van der Waals surface area contributed by atoms with Crippen molar-refractivity contribution < 1.29 is 34.8 Å². The van der Waals surface area contributed by atoms with Gasteiger partial charge in [-0.2, -0.15) is 26.3 Å². The van der Waals surface area contributed by atoms with Crippen molar-refractivity contribution in [3.63, 3.8) is 0 Å². The fraction of sp³-hybridized carbons (Fsp3) is 0.111. The van der Waals surface area contributed by atoms with Gasteiger partial charge in [0.05, 0.1) is 27.6 Å². The zero-order chi connectivity index (χ0) is 30.7. The summed E-state index contributed by atoms with van der Waals surface area (Å²) in [6.07, 6.45) is -9.44. The second-order valence-corrected chi connectivity index (χ2v) is 10.7. The largest absolute Gasteiger partial charge is 0.433 e. The Kier molecular flexibility index (Phi) is 8.33. The lowest BCUT2D eigenvalue weighted by molar-refractivity contribution is -0.142. The Bertz CT molecular complexity index is 1870. The van der Waals surface area contributed by atoms with Crippen LogP contribution in [0.1, 0.15) is 17.0 Å². The van der Waals surface area contributed by atoms with Crippen LogP contribution in [0, 0.1) is 0 Å². The fourth-order valence-corrected chi connectivity index (χ4v) is 5.20. The maximum atomic E-state index is 13.4. The molecule has 220 valence electrons. The Morgan fingerprint density at radius 1 is 0.643 bits per heavy atom. The Hall–Kier alpha value is -4.79. The van der Waals surface area contributed by atoms with E-state index in [-0.39, 0.29) is 10.6 Å². The van der Waals surface area contributed by atoms with Gasteiger partial charge in [-0.3, -0.25) is 19.8 Å². The summed E-state index contributed by atoms with van der Waals surface area (Å²) in [6, 6.07) is 23.2. The smallest absolute Gasteiger partial charge is 0.286 e. The highest BCUT2D eigenvalue weighted by Crippen LogP contribution is 2.31. The average molecular weight is 611 g/mol. The topological polar surface area (TPSA) is 110 Å². The number of sulfone groups is 1. The lowest BCUT2D eigenvalue weighted by atomic mass is 10.2. The molecule has 42 heavy (non-hydrogen) atoms. The van der Waals surface area contributed by atoms with E-state index in [0.717, 1.165) is 4.68 Å². The van der Waals surface area contributed by atoms with Crippen molar-refractivity contribution in [2.45, 2.75) is 23.0 Å². The maximum Gasteiger partial charge on any atom is 0.433 e. The molecule has 2 heterocycles. The predicted molar refractivity (Wildman–Crippen MR) is 140 cm³/mol. The van der Waals surface area contributed by atoms with E-state index in [1.165, 1.54) is 48.5 Å². The lowest BCUT2D eigenvalue weighted by Crippen LogP contribution is -2.20. The number of para-hydroxylation sites is 2. The molecule has 15 heteroatoms. The minimum Gasteiger partial charge on any atom is -0.286 e. The van der Waals surface area contributed by atoms with Crippen molar-refractivity contribution >= 4 is 9.84 Å². The molecule has 5 aromatic rings. The average Bonchev–Trinajstić information content (AvgIpc) is 3.50. The van der Waals surface area contributed by atoms with E-state index in [2.05, 4.69) is 0 Å². The molecule has 2 N–H and O–H groups in total. The third-order valence-corrected chi connectivity index (χ3v) is 7.42. The summed E-state index contributed by atoms with van der Waals surface area (Å²) in [7, 11) is -4.12. The van der Waals surface area contributed by atoms with Crippen molar-refractivity contribution in [1.82, 2.24) is 19.6 Å². The number of hydrogen-bond acceptors (Lipinski definition) is 4. The van der Waals surface area contributed by atoms with Crippen LogP contribution in [0.2, 0.25) is 0 Å². The van der Waals surface area contributed by atoms with Crippen LogP contribution in [0.4, 0.5) is 26.3 Å². The number of H-pyrrole nitrogens is 2. The molecular weight excluding hydrogens is 590 g/mol. The molecular formula is C27H20F6N4O4S. The second kappa shape index (κ2) is 11.6. The van der Waals surface area contributed by atoms with Crippen LogP contribution in [-0.4, -0.2) is 28.0 Å². The second-order valence-electron chi connectivity index (χ2n) is 8.69. The van der Waals surface area contributed by atoms with Gasteiger partial charge in [0.15, 0.2) is 9.84 Å². The normalized spacial score (nSPS) is 12.0. The molecule has 0 radical (unpaired) electrons. The van der Waals surface area contributed by atoms with Crippen LogP contribution >= 0.6 is 0 Å². The van der Waals surface area contributed by atoms with Crippen molar-refractivity contribution in [2.24, 2.45) is 0 Å². The molecule has 0 bridgehead atoms. The SMILES string of the molecule is O=c1c(CS(=O)(=O)c2ccccc2)c(C(F)(F)F)[nH]n1-c1ccccc1.O=c1cc(C(F)(F)F)[nH]n1-c1ccccc1. The number of nitrogens with one attached hydrogen (secondary N) is 2. The zero-order valence-corrected chi connectivity index (χ0v) is 22.0. The molecule has 5 rings (SSSR count). The Morgan fingerprint density at radius 2 is 1.12 bits per heavy atom. The van der Waals surface area contributed by atoms with Gasteiger partial charge in [-0.15, -0.1) is 0 Å². The van der Waals surface area contributed by atoms with Crippen LogP contribution in [-0.2, 0) is 27.9 Å². The van der Waals surface area contributed by atoms with Crippen molar-refractivity contribution in [2.75, 3.05) is 0 Å². The van der Waals surface area contributed by atoms with Crippen molar-refractivity contribution in [3.05, 3.63) is 135 Å². The van der Waals surface area contributed by atoms with E-state index < -0.39 is 56.0 Å². The Balaban J connectivity index is 0.000000216. The summed E-state index contributed by atoms with van der Waals surface area (Å²) in [4.78, 5) is 23.7. The standard InChI is InChI=1S/C17H13F3N2O3S.C10H7F3N2O/c18-17(19,20)15-14(11-26(24,25)13-9-5-2-6-10-13)16(23)22(21-15)12-7-3-1-4-8-12;11-10(12,13)8-6-9(16)15(14-8)7-4-2-1-3-5-7/h1-10,21H,11H2;1-6,14H. The number of halogens is 6. The van der Waals surface area contributed by atoms with Crippen LogP contribution < -0.4 is 11.1 Å². The summed E-state index contributed by atoms with van der Waals surface area (Å²) in [5, 5.41) is 4.01. The highest BCUT2D eigenvalue weighted by atomic mass is 32.2. The summed E-state index contributed by atoms with van der Waals surface area (Å²) < 4.78 is 103. The van der Waals surface area contributed by atoms with E-state index in [1.807, 2.05) is 10.2 Å². The third-order valence-electron chi connectivity index (χ3n) is 5.76. The summed E-state index contributed by atoms with van der Waals surface area (Å²) >= 11 is 0. The van der Waals surface area contributed by atoms with E-state index in [4.69, 9.17) is 0 Å². The molecule has 3 aromatic carbocycles. The Labute approximate surface area is 233 Å². The van der Waals surface area contributed by atoms with Gasteiger partial charge in [-0.1, -0.05) is 54.6 Å². The molecule has 0 saturated heterocycles. The van der Waals surface area contributed by atoms with Gasteiger partial charge >= 0.3 is 12.4 Å². The van der Waals surface area contributed by atoms with Crippen LogP contribution in [0.25, 0.3) is 11.4 Å². The number of benzene rings is 3. The molecule has 0 saturated carbocycles. The molecule has 0 atom stereocenters. The van der Waals surface area contributed by atoms with Crippen LogP contribution in [0.15, 0.2) is 112 Å². The first-order valence-electron chi connectivity index (χ1n) is 11.9. The predicted octanol–water partition coefficient (Wildman–Crippen LogP) is 5.34. The number of alkyl halides is 6. The molecule has 0 unspecified atom stereocenters. The quantitative estimate of drug-likeness (QED) is 0.262. The highest BCUT2D eigenvalue weighted by Gasteiger charge is 2.39. The fourth-order valence-electron chi connectivity index (χ4n) is 3.81. The summed E-state index contributed by atoms with van der Waals surface area (Å²) in [5.74, 6) is -1.05. The van der Waals surface area contributed by atoms with Gasteiger partial charge in [0.25, 0.3) is 11.1 Å². The van der Waals surface area contributed by atoms with E-state index in [9.17, 15) is 44.3 Å². The molecule has 8 nitrogen and oxygen atoms in total. The molecule has 2 aromatic heterocycles. The van der Waals surface area contributed by atoms with Crippen LogP contribution in [0.3, 0.4) is 0 Å². The molecule has 0 aliphatic heterocycles. The van der Waals surface area contributed by atoms with Gasteiger partial charge in [0.1, 0.15) is 11.4 Å². The molecule has 0 fully saturated rings. The molecule has 0 spiro atoms. The molecule has 0 aliphatic rings. The summed E-state index contributed by atoms with van der Waals surface area (Å²) in [5.41, 5.74) is -4.52. The van der Waals surface area contributed by atoms with Gasteiger partial charge in [0.2, 0.25) is 0 Å². The van der Waals surface area contributed by atoms with Crippen molar-refractivity contribution in [3.8, 4) is 11.4 Å². The molecule has 0 aliphatic carbocycles. The monoisotopic (exact) mass is 610 g/mol. The van der Waals surface area contributed by atoms with E-state index in [1.54, 1.807) is 42.5 Å². The first-order valence-corrected chi connectivity index (χ1v) is 13.5. The maximum absolute atomic E-state index is 13.4. The van der Waals surface area contributed by atoms with Gasteiger partial charge in [-0.25, -0.2) is 17.8 Å². The van der Waals surface area contributed by atoms with E-state index >= 15 is 0 Å². The van der Waals surface area contributed by atoms with Gasteiger partial charge in [0, 0.05) is 6.07 Å². The molecule has 0 amide bonds. The minimum atomic E-state index is -4.90. The number of aromatic nitrogens is 4. The highest BCUT2D eigenvalue weighted by molar-refractivity contribution is 7.90. The number of rotatable bonds is 5. The van der Waals surface area contributed by atoms with Gasteiger partial charge in [-0.05, 0) is 36.4 Å². The number of hydrogen-bond donors (Lipinski definition) is 2. The lowest BCUT2D eigenvalue weighted by Gasteiger charge is -2.07. The summed E-state index contributed by atoms with van der Waals surface area (Å²) in [6.45, 7) is 0. The van der Waals surface area contributed by atoms with E-state index in [0.29, 0.717) is 16.4 Å². The Morgan fingerprint density at radius 3 is 1.57 bits per heavy atom. The first-order chi connectivity index (χ1) is 19.7. The van der Waals surface area contributed by atoms with Crippen LogP contribution in [0.5, 0.6) is 0 Å². The third kappa shape index (κ3) is 6.74.